The minimum Gasteiger partial charge on any atom is -0.493 e. The van der Waals surface area contributed by atoms with Crippen molar-refractivity contribution in [1.82, 2.24) is 4.90 Å². The first-order valence-corrected chi connectivity index (χ1v) is 7.73. The van der Waals surface area contributed by atoms with Crippen LogP contribution in [0.25, 0.3) is 6.08 Å². The summed E-state index contributed by atoms with van der Waals surface area (Å²) in [4.78, 5) is 26.0. The molecule has 1 unspecified atom stereocenters. The van der Waals surface area contributed by atoms with E-state index in [9.17, 15) is 14.9 Å². The molecule has 126 valence electrons. The van der Waals surface area contributed by atoms with Gasteiger partial charge in [0.15, 0.2) is 23.2 Å². The van der Waals surface area contributed by atoms with Crippen molar-refractivity contribution in [3.05, 3.63) is 29.8 Å². The van der Waals surface area contributed by atoms with Crippen LogP contribution in [0.4, 0.5) is 0 Å². The Morgan fingerprint density at radius 1 is 1.21 bits per heavy atom. The summed E-state index contributed by atoms with van der Waals surface area (Å²) in [6.45, 7) is 1.23. The van der Waals surface area contributed by atoms with Crippen molar-refractivity contribution in [3.8, 4) is 17.6 Å². The zero-order valence-electron chi connectivity index (χ0n) is 13.8. The number of ether oxygens (including phenoxy) is 2. The van der Waals surface area contributed by atoms with Gasteiger partial charge in [0, 0.05) is 13.1 Å². The summed E-state index contributed by atoms with van der Waals surface area (Å²) in [5.41, 5.74) is 0.714. The molecule has 0 N–H and O–H groups in total. The molecule has 2 rings (SSSR count). The highest BCUT2D eigenvalue weighted by Gasteiger charge is 2.30. The number of rotatable bonds is 6. The van der Waals surface area contributed by atoms with Crippen LogP contribution in [0, 0.1) is 17.2 Å². The van der Waals surface area contributed by atoms with Gasteiger partial charge < -0.3 is 14.4 Å². The van der Waals surface area contributed by atoms with E-state index in [-0.39, 0.29) is 0 Å². The van der Waals surface area contributed by atoms with Gasteiger partial charge in [-0.05, 0) is 36.6 Å². The third-order valence-electron chi connectivity index (χ3n) is 3.93. The number of likely N-dealkylation sites (tertiary alicyclic amines) is 1. The number of methoxy groups -OCH3 is 2. The van der Waals surface area contributed by atoms with E-state index in [2.05, 4.69) is 0 Å². The summed E-state index contributed by atoms with van der Waals surface area (Å²) in [7, 11) is 3.06. The molecule has 24 heavy (non-hydrogen) atoms. The second-order valence-corrected chi connectivity index (χ2v) is 5.44. The average molecular weight is 328 g/mol. The molecule has 0 spiro atoms. The molecule has 1 aliphatic rings. The Kier molecular flexibility index (Phi) is 5.96. The minimum atomic E-state index is -1.28. The largest absolute Gasteiger partial charge is 0.493 e. The van der Waals surface area contributed by atoms with E-state index >= 15 is 0 Å². The molecule has 6 heteroatoms. The van der Waals surface area contributed by atoms with Crippen LogP contribution in [0.15, 0.2) is 24.3 Å². The van der Waals surface area contributed by atoms with Crippen LogP contribution in [-0.4, -0.2) is 43.9 Å². The maximum Gasteiger partial charge on any atom is 0.247 e. The number of carbonyl (C=O) groups is 2. The van der Waals surface area contributed by atoms with Gasteiger partial charge in [0.25, 0.3) is 0 Å². The van der Waals surface area contributed by atoms with Crippen molar-refractivity contribution in [2.45, 2.75) is 12.8 Å². The first kappa shape index (κ1) is 17.5. The molecule has 1 amide bonds. The number of carbonyl (C=O) groups excluding carboxylic acids is 2. The number of nitrogens with zero attached hydrogens (tertiary/aromatic N) is 2. The lowest BCUT2D eigenvalue weighted by atomic mass is 10.0. The number of ketones is 1. The van der Waals surface area contributed by atoms with Crippen LogP contribution in [0.1, 0.15) is 18.4 Å². The predicted octanol–water partition coefficient (Wildman–Crippen LogP) is 2.05. The Bertz CT molecular complexity index is 685. The molecule has 0 aromatic heterocycles. The van der Waals surface area contributed by atoms with E-state index < -0.39 is 17.6 Å². The van der Waals surface area contributed by atoms with Crippen molar-refractivity contribution < 1.29 is 19.1 Å². The number of hydrogen-bond donors (Lipinski definition) is 0. The fourth-order valence-corrected chi connectivity index (χ4v) is 2.59. The molecule has 0 bridgehead atoms. The zero-order valence-corrected chi connectivity index (χ0v) is 13.8. The molecule has 1 aromatic carbocycles. The number of nitriles is 1. The van der Waals surface area contributed by atoms with Crippen LogP contribution in [0.2, 0.25) is 0 Å². The third-order valence-corrected chi connectivity index (χ3v) is 3.93. The van der Waals surface area contributed by atoms with Gasteiger partial charge in [-0.25, -0.2) is 0 Å². The maximum absolute atomic E-state index is 12.2. The highest BCUT2D eigenvalue weighted by Crippen LogP contribution is 2.28. The topological polar surface area (TPSA) is 79.6 Å². The Hall–Kier alpha value is -2.81. The Morgan fingerprint density at radius 2 is 1.88 bits per heavy atom. The second-order valence-electron chi connectivity index (χ2n) is 5.44. The monoisotopic (exact) mass is 328 g/mol. The smallest absolute Gasteiger partial charge is 0.247 e. The fourth-order valence-electron chi connectivity index (χ4n) is 2.59. The van der Waals surface area contributed by atoms with Crippen molar-refractivity contribution in [1.29, 1.82) is 5.26 Å². The molecule has 0 saturated carbocycles. The van der Waals surface area contributed by atoms with Crippen LogP contribution in [-0.2, 0) is 9.59 Å². The maximum atomic E-state index is 12.2. The Balaban J connectivity index is 2.10. The fraction of sp³-hybridized carbons (Fsp3) is 0.389. The van der Waals surface area contributed by atoms with Crippen LogP contribution in [0.5, 0.6) is 11.5 Å². The first-order chi connectivity index (χ1) is 11.6. The van der Waals surface area contributed by atoms with E-state index in [1.165, 1.54) is 13.2 Å². The molecule has 1 fully saturated rings. The van der Waals surface area contributed by atoms with Gasteiger partial charge in [0.2, 0.25) is 5.91 Å². The molecule has 0 radical (unpaired) electrons. The summed E-state index contributed by atoms with van der Waals surface area (Å²) in [6.07, 6.45) is 4.66. The van der Waals surface area contributed by atoms with E-state index in [1.807, 2.05) is 6.07 Å². The molecule has 1 saturated heterocycles. The van der Waals surface area contributed by atoms with Crippen LogP contribution < -0.4 is 9.47 Å². The standard InChI is InChI=1S/C18H20N2O4/c1-23-16-8-6-13(11-17(16)24-2)5-7-15(21)14(12-19)18(22)20-9-3-4-10-20/h5-8,11,14H,3-4,9-10H2,1-2H3. The summed E-state index contributed by atoms with van der Waals surface area (Å²) >= 11 is 0. The van der Waals surface area contributed by atoms with Gasteiger partial charge in [-0.15, -0.1) is 0 Å². The summed E-state index contributed by atoms with van der Waals surface area (Å²) in [6, 6.07) is 7.01. The van der Waals surface area contributed by atoms with Crippen molar-refractivity contribution in [2.24, 2.45) is 5.92 Å². The third kappa shape index (κ3) is 3.93. The number of benzene rings is 1. The number of allylic oxidation sites excluding steroid dienone is 1. The normalized spacial score (nSPS) is 15.1. The molecule has 1 atom stereocenters. The van der Waals surface area contributed by atoms with Gasteiger partial charge in [-0.1, -0.05) is 12.1 Å². The zero-order chi connectivity index (χ0) is 17.5. The number of amides is 1. The van der Waals surface area contributed by atoms with Crippen molar-refractivity contribution >= 4 is 17.8 Å². The second kappa shape index (κ2) is 8.16. The SMILES string of the molecule is COc1ccc(C=CC(=O)C(C#N)C(=O)N2CCCC2)cc1OC. The lowest BCUT2D eigenvalue weighted by Gasteiger charge is -2.17. The van der Waals surface area contributed by atoms with Gasteiger partial charge in [-0.2, -0.15) is 5.26 Å². The Labute approximate surface area is 141 Å². The molecule has 1 aromatic rings. The first-order valence-electron chi connectivity index (χ1n) is 7.73. The molecule has 6 nitrogen and oxygen atoms in total. The van der Waals surface area contributed by atoms with E-state index in [0.717, 1.165) is 12.8 Å². The van der Waals surface area contributed by atoms with Gasteiger partial charge in [0.1, 0.15) is 0 Å². The molecular formula is C18H20N2O4. The molecule has 1 aliphatic heterocycles. The molecule has 0 aliphatic carbocycles. The van der Waals surface area contributed by atoms with Crippen molar-refractivity contribution in [3.63, 3.8) is 0 Å². The highest BCUT2D eigenvalue weighted by molar-refractivity contribution is 6.10. The summed E-state index contributed by atoms with van der Waals surface area (Å²) < 4.78 is 10.4. The molecular weight excluding hydrogens is 308 g/mol. The lowest BCUT2D eigenvalue weighted by molar-refractivity contribution is -0.136. The summed E-state index contributed by atoms with van der Waals surface area (Å²) in [5, 5.41) is 9.19. The van der Waals surface area contributed by atoms with E-state index in [0.29, 0.717) is 30.2 Å². The lowest BCUT2D eigenvalue weighted by Crippen LogP contribution is -2.36. The number of hydrogen-bond acceptors (Lipinski definition) is 5. The van der Waals surface area contributed by atoms with E-state index in [1.54, 1.807) is 36.3 Å². The van der Waals surface area contributed by atoms with Crippen LogP contribution >= 0.6 is 0 Å². The highest BCUT2D eigenvalue weighted by atomic mass is 16.5. The average Bonchev–Trinajstić information content (AvgIpc) is 3.14. The van der Waals surface area contributed by atoms with Crippen LogP contribution in [0.3, 0.4) is 0 Å². The summed E-state index contributed by atoms with van der Waals surface area (Å²) in [5.74, 6) is -1.07. The van der Waals surface area contributed by atoms with E-state index in [4.69, 9.17) is 9.47 Å². The Morgan fingerprint density at radius 3 is 2.46 bits per heavy atom. The van der Waals surface area contributed by atoms with Crippen molar-refractivity contribution in [2.75, 3.05) is 27.3 Å². The predicted molar refractivity (Wildman–Crippen MR) is 88.5 cm³/mol. The molecule has 1 heterocycles. The van der Waals surface area contributed by atoms with Gasteiger partial charge >= 0.3 is 0 Å². The quantitative estimate of drug-likeness (QED) is 0.590. The van der Waals surface area contributed by atoms with Gasteiger partial charge in [0.05, 0.1) is 20.3 Å². The van der Waals surface area contributed by atoms with Gasteiger partial charge in [-0.3, -0.25) is 9.59 Å². The minimum absolute atomic E-state index is 0.406.